The zero-order valence-electron chi connectivity index (χ0n) is 12.5. The van der Waals surface area contributed by atoms with E-state index in [9.17, 15) is 8.42 Å². The monoisotopic (exact) mass is 329 g/mol. The topological polar surface area (TPSA) is 84.2 Å². The maximum Gasteiger partial charge on any atom is 0.240 e. The summed E-state index contributed by atoms with van der Waals surface area (Å²) in [6.07, 6.45) is 7.13. The van der Waals surface area contributed by atoms with Crippen LogP contribution in [-0.4, -0.2) is 33.0 Å². The summed E-state index contributed by atoms with van der Waals surface area (Å²) >= 11 is 1.91. The molecule has 7 heteroatoms. The Kier molecular flexibility index (Phi) is 5.06. The number of nitrogen functional groups attached to an aromatic ring is 1. The van der Waals surface area contributed by atoms with E-state index in [1.165, 1.54) is 38.8 Å². The van der Waals surface area contributed by atoms with Crippen LogP contribution in [0.25, 0.3) is 0 Å². The fourth-order valence-electron chi connectivity index (χ4n) is 2.72. The first-order valence-electron chi connectivity index (χ1n) is 7.04. The Morgan fingerprint density at radius 2 is 2.00 bits per heavy atom. The summed E-state index contributed by atoms with van der Waals surface area (Å²) in [7, 11) is -2.06. The Bertz CT molecular complexity index is 596. The van der Waals surface area contributed by atoms with E-state index < -0.39 is 10.0 Å². The Balaban J connectivity index is 2.11. The van der Waals surface area contributed by atoms with Crippen molar-refractivity contribution in [1.82, 2.24) is 4.72 Å². The number of nitrogens with one attached hydrogen (secondary N) is 2. The standard InChI is InChI=1S/C14H23N3O2S2/c1-16-21(18,19)11-5-6-13(12(15)9-11)17-10-14(20-2)7-3-4-8-14/h5-6,9,16-17H,3-4,7-8,10,15H2,1-2H3. The quantitative estimate of drug-likeness (QED) is 0.697. The molecule has 0 amide bonds. The van der Waals surface area contributed by atoms with Crippen LogP contribution >= 0.6 is 11.8 Å². The van der Waals surface area contributed by atoms with Crippen molar-refractivity contribution in [3.8, 4) is 0 Å². The summed E-state index contributed by atoms with van der Waals surface area (Å²) < 4.78 is 26.0. The highest BCUT2D eigenvalue weighted by atomic mass is 32.2. The molecule has 1 fully saturated rings. The van der Waals surface area contributed by atoms with Crippen LogP contribution in [0.15, 0.2) is 23.1 Å². The average molecular weight is 329 g/mol. The second kappa shape index (κ2) is 6.46. The number of thioether (sulfide) groups is 1. The summed E-state index contributed by atoms with van der Waals surface area (Å²) in [4.78, 5) is 0.188. The van der Waals surface area contributed by atoms with Crippen molar-refractivity contribution in [2.75, 3.05) is 30.9 Å². The van der Waals surface area contributed by atoms with Gasteiger partial charge in [-0.2, -0.15) is 11.8 Å². The fraction of sp³-hybridized carbons (Fsp3) is 0.571. The van der Waals surface area contributed by atoms with E-state index in [-0.39, 0.29) is 9.64 Å². The molecule has 0 radical (unpaired) electrons. The zero-order chi connectivity index (χ0) is 15.5. The van der Waals surface area contributed by atoms with Crippen molar-refractivity contribution < 1.29 is 8.42 Å². The summed E-state index contributed by atoms with van der Waals surface area (Å²) in [6, 6.07) is 4.81. The molecule has 0 unspecified atom stereocenters. The van der Waals surface area contributed by atoms with E-state index in [4.69, 9.17) is 5.73 Å². The molecule has 21 heavy (non-hydrogen) atoms. The molecule has 0 aliphatic heterocycles. The second-order valence-electron chi connectivity index (χ2n) is 5.40. The first-order chi connectivity index (χ1) is 9.92. The van der Waals surface area contributed by atoms with Gasteiger partial charge in [0.15, 0.2) is 0 Å². The summed E-state index contributed by atoms with van der Waals surface area (Å²) in [5.41, 5.74) is 7.24. The SMILES string of the molecule is CNS(=O)(=O)c1ccc(NCC2(SC)CCCC2)c(N)c1. The number of anilines is 2. The molecule has 5 nitrogen and oxygen atoms in total. The number of nitrogens with two attached hydrogens (primary N) is 1. The minimum absolute atomic E-state index is 0.188. The Hall–Kier alpha value is -0.920. The molecule has 1 aromatic rings. The number of benzene rings is 1. The largest absolute Gasteiger partial charge is 0.397 e. The summed E-state index contributed by atoms with van der Waals surface area (Å²) in [6.45, 7) is 0.858. The van der Waals surface area contributed by atoms with Crippen LogP contribution in [0.4, 0.5) is 11.4 Å². The van der Waals surface area contributed by atoms with Crippen molar-refractivity contribution >= 4 is 33.2 Å². The molecule has 0 heterocycles. The van der Waals surface area contributed by atoms with Crippen LogP contribution < -0.4 is 15.8 Å². The fourth-order valence-corrected chi connectivity index (χ4v) is 4.39. The van der Waals surface area contributed by atoms with Crippen LogP contribution in [0.1, 0.15) is 25.7 Å². The van der Waals surface area contributed by atoms with Crippen LogP contribution in [0.5, 0.6) is 0 Å². The number of hydrogen-bond donors (Lipinski definition) is 3. The molecule has 0 aromatic heterocycles. The molecule has 1 aliphatic carbocycles. The van der Waals surface area contributed by atoms with Crippen molar-refractivity contribution in [3.63, 3.8) is 0 Å². The van der Waals surface area contributed by atoms with Gasteiger partial charge in [0.25, 0.3) is 0 Å². The predicted octanol–water partition coefficient (Wildman–Crippen LogP) is 2.26. The molecule has 118 valence electrons. The van der Waals surface area contributed by atoms with Gasteiger partial charge in [0.2, 0.25) is 10.0 Å². The first-order valence-corrected chi connectivity index (χ1v) is 9.75. The third kappa shape index (κ3) is 3.64. The molecule has 1 aromatic carbocycles. The van der Waals surface area contributed by atoms with Gasteiger partial charge < -0.3 is 11.1 Å². The predicted molar refractivity (Wildman–Crippen MR) is 90.3 cm³/mol. The second-order valence-corrected chi connectivity index (χ2v) is 8.57. The number of rotatable bonds is 6. The maximum atomic E-state index is 11.7. The van der Waals surface area contributed by atoms with Gasteiger partial charge in [-0.05, 0) is 44.3 Å². The minimum Gasteiger partial charge on any atom is -0.397 e. The highest BCUT2D eigenvalue weighted by molar-refractivity contribution is 8.00. The van der Waals surface area contributed by atoms with Crippen LogP contribution in [0.3, 0.4) is 0 Å². The first kappa shape index (κ1) is 16.5. The molecule has 0 spiro atoms. The molecule has 2 rings (SSSR count). The van der Waals surface area contributed by atoms with E-state index in [0.717, 1.165) is 12.2 Å². The summed E-state index contributed by atoms with van der Waals surface area (Å²) in [5.74, 6) is 0. The van der Waals surface area contributed by atoms with Gasteiger partial charge in [0.1, 0.15) is 0 Å². The Morgan fingerprint density at radius 1 is 1.33 bits per heavy atom. The molecule has 0 atom stereocenters. The highest BCUT2D eigenvalue weighted by Crippen LogP contribution is 2.40. The molecular formula is C14H23N3O2S2. The zero-order valence-corrected chi connectivity index (χ0v) is 14.1. The van der Waals surface area contributed by atoms with Gasteiger partial charge in [-0.15, -0.1) is 0 Å². The van der Waals surface area contributed by atoms with Gasteiger partial charge in [0.05, 0.1) is 16.3 Å². The van der Waals surface area contributed by atoms with Gasteiger partial charge in [-0.1, -0.05) is 12.8 Å². The lowest BCUT2D eigenvalue weighted by molar-refractivity contribution is 0.588. The van der Waals surface area contributed by atoms with Crippen LogP contribution in [0.2, 0.25) is 0 Å². The minimum atomic E-state index is -3.45. The van der Waals surface area contributed by atoms with Crippen molar-refractivity contribution in [2.45, 2.75) is 35.3 Å². The van der Waals surface area contributed by atoms with E-state index >= 15 is 0 Å². The summed E-state index contributed by atoms with van der Waals surface area (Å²) in [5, 5.41) is 3.38. The Morgan fingerprint density at radius 3 is 2.52 bits per heavy atom. The van der Waals surface area contributed by atoms with E-state index in [2.05, 4.69) is 16.3 Å². The molecule has 1 saturated carbocycles. The van der Waals surface area contributed by atoms with Crippen LogP contribution in [0, 0.1) is 0 Å². The lowest BCUT2D eigenvalue weighted by atomic mass is 10.1. The van der Waals surface area contributed by atoms with Crippen molar-refractivity contribution in [1.29, 1.82) is 0 Å². The van der Waals surface area contributed by atoms with Gasteiger partial charge in [-0.3, -0.25) is 0 Å². The number of hydrogen-bond acceptors (Lipinski definition) is 5. The molecule has 0 bridgehead atoms. The number of sulfonamides is 1. The maximum absolute atomic E-state index is 11.7. The van der Waals surface area contributed by atoms with Gasteiger partial charge >= 0.3 is 0 Å². The van der Waals surface area contributed by atoms with Gasteiger partial charge in [-0.25, -0.2) is 13.1 Å². The lowest BCUT2D eigenvalue weighted by Gasteiger charge is -2.27. The molecule has 4 N–H and O–H groups in total. The lowest BCUT2D eigenvalue weighted by Crippen LogP contribution is -2.30. The van der Waals surface area contributed by atoms with Crippen molar-refractivity contribution in [3.05, 3.63) is 18.2 Å². The third-order valence-corrected chi connectivity index (χ3v) is 6.98. The Labute approximate surface area is 131 Å². The third-order valence-electron chi connectivity index (χ3n) is 4.15. The molecule has 1 aliphatic rings. The molecular weight excluding hydrogens is 306 g/mol. The van der Waals surface area contributed by atoms with E-state index in [0.29, 0.717) is 5.69 Å². The van der Waals surface area contributed by atoms with E-state index in [1.807, 2.05) is 11.8 Å². The molecule has 0 saturated heterocycles. The average Bonchev–Trinajstić information content (AvgIpc) is 2.95. The van der Waals surface area contributed by atoms with Crippen LogP contribution in [-0.2, 0) is 10.0 Å². The van der Waals surface area contributed by atoms with Crippen molar-refractivity contribution in [2.24, 2.45) is 0 Å². The smallest absolute Gasteiger partial charge is 0.240 e. The van der Waals surface area contributed by atoms with E-state index in [1.54, 1.807) is 12.1 Å². The van der Waals surface area contributed by atoms with Gasteiger partial charge in [0, 0.05) is 11.3 Å². The normalized spacial score (nSPS) is 17.8. The highest BCUT2D eigenvalue weighted by Gasteiger charge is 2.32.